The summed E-state index contributed by atoms with van der Waals surface area (Å²) >= 11 is 12.2. The summed E-state index contributed by atoms with van der Waals surface area (Å²) in [5, 5.41) is 4.66. The van der Waals surface area contributed by atoms with E-state index in [9.17, 15) is 0 Å². The second-order valence-corrected chi connectivity index (χ2v) is 6.15. The van der Waals surface area contributed by atoms with Crippen LogP contribution in [-0.4, -0.2) is 6.54 Å². The predicted molar refractivity (Wildman–Crippen MR) is 103 cm³/mol. The molecule has 0 aliphatic carbocycles. The van der Waals surface area contributed by atoms with Crippen LogP contribution in [0.15, 0.2) is 65.1 Å². The molecule has 2 aromatic carbocycles. The van der Waals surface area contributed by atoms with Crippen molar-refractivity contribution in [3.8, 4) is 11.3 Å². The second kappa shape index (κ2) is 9.14. The van der Waals surface area contributed by atoms with Crippen LogP contribution in [0.4, 0.5) is 0 Å². The summed E-state index contributed by atoms with van der Waals surface area (Å²) in [6.07, 6.45) is 0.995. The number of halogens is 3. The molecule has 3 rings (SSSR count). The third-order valence-electron chi connectivity index (χ3n) is 3.59. The maximum absolute atomic E-state index is 6.20. The van der Waals surface area contributed by atoms with Crippen LogP contribution in [0.25, 0.3) is 11.3 Å². The molecule has 0 fully saturated rings. The van der Waals surface area contributed by atoms with Gasteiger partial charge < -0.3 is 9.73 Å². The second-order valence-electron chi connectivity index (χ2n) is 5.30. The normalized spacial score (nSPS) is 10.4. The maximum atomic E-state index is 6.20. The van der Waals surface area contributed by atoms with E-state index in [0.717, 1.165) is 30.0 Å². The molecule has 0 aliphatic rings. The first-order valence-electron chi connectivity index (χ1n) is 7.51. The summed E-state index contributed by atoms with van der Waals surface area (Å²) in [6, 6.07) is 19.7. The first kappa shape index (κ1) is 18.9. The number of furan rings is 1. The molecule has 0 saturated heterocycles. The lowest BCUT2D eigenvalue weighted by Crippen LogP contribution is -2.16. The molecule has 1 N–H and O–H groups in total. The van der Waals surface area contributed by atoms with Crippen LogP contribution in [-0.2, 0) is 13.0 Å². The predicted octanol–water partition coefficient (Wildman–Crippen LogP) is 6.01. The molecule has 3 aromatic rings. The summed E-state index contributed by atoms with van der Waals surface area (Å²) in [5.74, 6) is 1.61. The summed E-state index contributed by atoms with van der Waals surface area (Å²) in [7, 11) is 0. The zero-order valence-electron chi connectivity index (χ0n) is 13.0. The summed E-state index contributed by atoms with van der Waals surface area (Å²) < 4.78 is 5.85. The molecule has 0 unspecified atom stereocenters. The third-order valence-corrected chi connectivity index (χ3v) is 4.15. The van der Waals surface area contributed by atoms with Crippen molar-refractivity contribution in [2.75, 3.05) is 6.54 Å². The van der Waals surface area contributed by atoms with Gasteiger partial charge in [0.05, 0.1) is 11.6 Å². The fourth-order valence-corrected chi connectivity index (χ4v) is 2.78. The Labute approximate surface area is 158 Å². The van der Waals surface area contributed by atoms with Crippen molar-refractivity contribution in [2.45, 2.75) is 13.0 Å². The fraction of sp³-hybridized carbons (Fsp3) is 0.158. The lowest BCUT2D eigenvalue weighted by atomic mass is 10.1. The van der Waals surface area contributed by atoms with Gasteiger partial charge in [-0.15, -0.1) is 12.4 Å². The highest BCUT2D eigenvalue weighted by atomic mass is 35.5. The van der Waals surface area contributed by atoms with E-state index >= 15 is 0 Å². The standard InChI is InChI=1S/C19H17Cl2NO.ClH/c20-15-6-8-18(21)17(12-15)19-9-7-16(23-19)13-22-11-10-14-4-2-1-3-5-14;/h1-9,12,22H,10-11,13H2;1H. The molecule has 0 atom stereocenters. The smallest absolute Gasteiger partial charge is 0.135 e. The molecule has 0 saturated carbocycles. The van der Waals surface area contributed by atoms with Gasteiger partial charge in [0.2, 0.25) is 0 Å². The molecule has 1 aromatic heterocycles. The molecule has 126 valence electrons. The van der Waals surface area contributed by atoms with E-state index < -0.39 is 0 Å². The SMILES string of the molecule is Cl.Clc1ccc(Cl)c(-c2ccc(CNCCc3ccccc3)o2)c1. The number of nitrogens with one attached hydrogen (secondary N) is 1. The minimum atomic E-state index is 0. The Balaban J connectivity index is 0.00000208. The number of hydrogen-bond donors (Lipinski definition) is 1. The van der Waals surface area contributed by atoms with Crippen molar-refractivity contribution >= 4 is 35.6 Å². The van der Waals surface area contributed by atoms with E-state index in [1.807, 2.05) is 24.3 Å². The molecule has 0 bridgehead atoms. The number of hydrogen-bond acceptors (Lipinski definition) is 2. The van der Waals surface area contributed by atoms with Crippen LogP contribution in [0, 0.1) is 0 Å². The van der Waals surface area contributed by atoms with E-state index in [4.69, 9.17) is 27.6 Å². The monoisotopic (exact) mass is 381 g/mol. The molecule has 24 heavy (non-hydrogen) atoms. The Hall–Kier alpha value is -1.45. The van der Waals surface area contributed by atoms with E-state index in [1.54, 1.807) is 12.1 Å². The Kier molecular flexibility index (Phi) is 7.19. The van der Waals surface area contributed by atoms with Crippen LogP contribution < -0.4 is 5.32 Å². The van der Waals surface area contributed by atoms with Crippen LogP contribution in [0.2, 0.25) is 10.0 Å². The average Bonchev–Trinajstić information content (AvgIpc) is 3.03. The number of benzene rings is 2. The lowest BCUT2D eigenvalue weighted by Gasteiger charge is -2.04. The van der Waals surface area contributed by atoms with Crippen molar-refractivity contribution in [1.82, 2.24) is 5.32 Å². The summed E-state index contributed by atoms with van der Waals surface area (Å²) in [6.45, 7) is 1.59. The van der Waals surface area contributed by atoms with Gasteiger partial charge in [0.15, 0.2) is 0 Å². The van der Waals surface area contributed by atoms with Crippen LogP contribution in [0.5, 0.6) is 0 Å². The van der Waals surface area contributed by atoms with E-state index in [2.05, 4.69) is 29.6 Å². The highest BCUT2D eigenvalue weighted by Gasteiger charge is 2.09. The van der Waals surface area contributed by atoms with Gasteiger partial charge in [-0.25, -0.2) is 0 Å². The Morgan fingerprint density at radius 1 is 0.917 bits per heavy atom. The molecule has 0 aliphatic heterocycles. The summed E-state index contributed by atoms with van der Waals surface area (Å²) in [5.41, 5.74) is 2.14. The minimum Gasteiger partial charge on any atom is -0.460 e. The van der Waals surface area contributed by atoms with Gasteiger partial charge in [0.1, 0.15) is 11.5 Å². The van der Waals surface area contributed by atoms with E-state index in [0.29, 0.717) is 16.6 Å². The van der Waals surface area contributed by atoms with Gasteiger partial charge in [-0.3, -0.25) is 0 Å². The molecule has 0 radical (unpaired) electrons. The van der Waals surface area contributed by atoms with Gasteiger partial charge in [-0.2, -0.15) is 0 Å². The first-order valence-corrected chi connectivity index (χ1v) is 8.27. The average molecular weight is 383 g/mol. The van der Waals surface area contributed by atoms with Crippen LogP contribution in [0.3, 0.4) is 0 Å². The van der Waals surface area contributed by atoms with E-state index in [-0.39, 0.29) is 12.4 Å². The van der Waals surface area contributed by atoms with Crippen molar-refractivity contribution in [1.29, 1.82) is 0 Å². The topological polar surface area (TPSA) is 25.2 Å². The van der Waals surface area contributed by atoms with Gasteiger partial charge in [0, 0.05) is 10.6 Å². The zero-order valence-corrected chi connectivity index (χ0v) is 15.3. The first-order chi connectivity index (χ1) is 11.2. The fourth-order valence-electron chi connectivity index (χ4n) is 2.39. The van der Waals surface area contributed by atoms with Gasteiger partial charge in [0.25, 0.3) is 0 Å². The quantitative estimate of drug-likeness (QED) is 0.528. The molecule has 5 heteroatoms. The van der Waals surface area contributed by atoms with Crippen LogP contribution >= 0.6 is 35.6 Å². The highest BCUT2D eigenvalue weighted by Crippen LogP contribution is 2.31. The van der Waals surface area contributed by atoms with E-state index in [1.165, 1.54) is 5.56 Å². The molecular weight excluding hydrogens is 365 g/mol. The highest BCUT2D eigenvalue weighted by molar-refractivity contribution is 6.35. The molecular formula is C19H18Cl3NO. The number of rotatable bonds is 6. The summed E-state index contributed by atoms with van der Waals surface area (Å²) in [4.78, 5) is 0. The zero-order chi connectivity index (χ0) is 16.1. The molecule has 0 spiro atoms. The van der Waals surface area contributed by atoms with Crippen molar-refractivity contribution in [3.05, 3.63) is 82.0 Å². The third kappa shape index (κ3) is 5.02. The Morgan fingerprint density at radius 3 is 2.50 bits per heavy atom. The lowest BCUT2D eigenvalue weighted by molar-refractivity contribution is 0.495. The van der Waals surface area contributed by atoms with Crippen molar-refractivity contribution in [3.63, 3.8) is 0 Å². The van der Waals surface area contributed by atoms with Crippen LogP contribution in [0.1, 0.15) is 11.3 Å². The molecule has 2 nitrogen and oxygen atoms in total. The Morgan fingerprint density at radius 2 is 1.71 bits per heavy atom. The largest absolute Gasteiger partial charge is 0.460 e. The van der Waals surface area contributed by atoms with Gasteiger partial charge in [-0.05, 0) is 48.9 Å². The minimum absolute atomic E-state index is 0. The van der Waals surface area contributed by atoms with Gasteiger partial charge >= 0.3 is 0 Å². The maximum Gasteiger partial charge on any atom is 0.135 e. The molecule has 1 heterocycles. The van der Waals surface area contributed by atoms with Gasteiger partial charge in [-0.1, -0.05) is 53.5 Å². The van der Waals surface area contributed by atoms with Crippen molar-refractivity contribution < 1.29 is 4.42 Å². The Bertz CT molecular complexity index is 771. The van der Waals surface area contributed by atoms with Crippen molar-refractivity contribution in [2.24, 2.45) is 0 Å². The molecule has 0 amide bonds.